The van der Waals surface area contributed by atoms with Crippen molar-refractivity contribution in [3.63, 3.8) is 0 Å². The van der Waals surface area contributed by atoms with Crippen molar-refractivity contribution in [2.24, 2.45) is 5.73 Å². The number of hydrogen-bond donors (Lipinski definition) is 6. The van der Waals surface area contributed by atoms with E-state index in [1.54, 1.807) is 0 Å². The first-order valence-corrected chi connectivity index (χ1v) is 7.78. The second-order valence-electron chi connectivity index (χ2n) is 3.88. The van der Waals surface area contributed by atoms with E-state index in [0.717, 1.165) is 0 Å². The van der Waals surface area contributed by atoms with Crippen molar-refractivity contribution in [1.29, 1.82) is 0 Å². The lowest BCUT2D eigenvalue weighted by Crippen LogP contribution is -2.49. The summed E-state index contributed by atoms with van der Waals surface area (Å²) in [5, 5.41) is 45.8. The van der Waals surface area contributed by atoms with E-state index in [2.05, 4.69) is 0 Å². The molecule has 17 heavy (non-hydrogen) atoms. The summed E-state index contributed by atoms with van der Waals surface area (Å²) in [5.74, 6) is -2.05. The van der Waals surface area contributed by atoms with E-state index in [9.17, 15) is 5.11 Å². The molecule has 0 aliphatic carbocycles. The monoisotopic (exact) mass is 269 g/mol. The lowest BCUT2D eigenvalue weighted by Gasteiger charge is -2.33. The van der Waals surface area contributed by atoms with Crippen molar-refractivity contribution in [3.8, 4) is 0 Å². The summed E-state index contributed by atoms with van der Waals surface area (Å²) in [5.41, 5.74) is 5.29. The van der Waals surface area contributed by atoms with Gasteiger partial charge in [0.25, 0.3) is 0 Å². The summed E-state index contributed by atoms with van der Waals surface area (Å²) < 4.78 is 5.30. The van der Waals surface area contributed by atoms with Crippen molar-refractivity contribution in [2.75, 3.05) is 19.8 Å². The minimum absolute atomic E-state index is 0.00151. The molecule has 0 saturated heterocycles. The molecule has 0 aromatic heterocycles. The summed E-state index contributed by atoms with van der Waals surface area (Å²) in [4.78, 5) is 0. The van der Waals surface area contributed by atoms with E-state index < -0.39 is 21.1 Å². The zero-order valence-electron chi connectivity index (χ0n) is 9.83. The van der Waals surface area contributed by atoms with Crippen LogP contribution in [0.5, 0.6) is 0 Å². The summed E-state index contributed by atoms with van der Waals surface area (Å²) in [6, 6.07) is 0.663. The lowest BCUT2D eigenvalue weighted by molar-refractivity contribution is -0.280. The fraction of sp³-hybridized carbons (Fsp3) is 1.00. The van der Waals surface area contributed by atoms with Gasteiger partial charge in [0.2, 0.25) is 12.1 Å². The van der Waals surface area contributed by atoms with Crippen molar-refractivity contribution >= 4 is 9.04 Å². The second kappa shape index (κ2) is 8.95. The standard InChI is InChI=1S/C9H23NO6Si/c10-3-1-2-9(15,8(13)14)16-17(6-4-11)7-5-12/h8,11-15,17H,1-7,10H2. The molecule has 0 spiro atoms. The Morgan fingerprint density at radius 3 is 2.06 bits per heavy atom. The van der Waals surface area contributed by atoms with Crippen LogP contribution in [0.4, 0.5) is 0 Å². The Hall–Kier alpha value is -0.0631. The molecule has 8 heteroatoms. The van der Waals surface area contributed by atoms with Crippen molar-refractivity contribution < 1.29 is 30.0 Å². The molecule has 0 saturated carbocycles. The van der Waals surface area contributed by atoms with Crippen molar-refractivity contribution in [2.45, 2.75) is 37.0 Å². The van der Waals surface area contributed by atoms with Gasteiger partial charge in [-0.2, -0.15) is 0 Å². The van der Waals surface area contributed by atoms with Gasteiger partial charge in [0, 0.05) is 19.6 Å². The first-order chi connectivity index (χ1) is 8.00. The van der Waals surface area contributed by atoms with Crippen molar-refractivity contribution in [3.05, 3.63) is 0 Å². The lowest BCUT2D eigenvalue weighted by atomic mass is 10.1. The van der Waals surface area contributed by atoms with Crippen LogP contribution in [0.2, 0.25) is 12.1 Å². The second-order valence-corrected chi connectivity index (χ2v) is 6.51. The van der Waals surface area contributed by atoms with E-state index in [4.69, 9.17) is 30.6 Å². The van der Waals surface area contributed by atoms with Crippen LogP contribution in [0.25, 0.3) is 0 Å². The van der Waals surface area contributed by atoms with E-state index >= 15 is 0 Å². The van der Waals surface area contributed by atoms with Gasteiger partial charge in [-0.15, -0.1) is 0 Å². The summed E-state index contributed by atoms with van der Waals surface area (Å²) in [6.45, 7) is 0.0569. The van der Waals surface area contributed by atoms with Gasteiger partial charge in [0.1, 0.15) is 0 Å². The normalized spacial score (nSPS) is 15.5. The molecule has 0 fully saturated rings. The molecular formula is C9H23NO6Si. The topological polar surface area (TPSA) is 136 Å². The summed E-state index contributed by atoms with van der Waals surface area (Å²) >= 11 is 0. The van der Waals surface area contributed by atoms with E-state index in [1.807, 2.05) is 0 Å². The molecule has 0 radical (unpaired) electrons. The molecular weight excluding hydrogens is 246 g/mol. The van der Waals surface area contributed by atoms with Crippen LogP contribution in [-0.4, -0.2) is 66.4 Å². The van der Waals surface area contributed by atoms with Crippen molar-refractivity contribution in [1.82, 2.24) is 0 Å². The number of aliphatic hydroxyl groups is 5. The molecule has 0 rings (SSSR count). The van der Waals surface area contributed by atoms with Gasteiger partial charge in [0.15, 0.2) is 9.04 Å². The number of rotatable bonds is 10. The van der Waals surface area contributed by atoms with E-state index in [-0.39, 0.29) is 19.6 Å². The molecule has 0 heterocycles. The highest BCUT2D eigenvalue weighted by Crippen LogP contribution is 2.21. The molecule has 7 nitrogen and oxygen atoms in total. The van der Waals surface area contributed by atoms with Gasteiger partial charge in [-0.25, -0.2) is 0 Å². The Kier molecular flexibility index (Phi) is 8.91. The third-order valence-corrected chi connectivity index (χ3v) is 4.96. The molecule has 0 bridgehead atoms. The van der Waals surface area contributed by atoms with E-state index in [1.165, 1.54) is 0 Å². The quantitative estimate of drug-likeness (QED) is 0.190. The maximum Gasteiger partial charge on any atom is 0.208 e. The SMILES string of the molecule is NCCCC(O)(O[SiH](CCO)CCO)C(O)O. The van der Waals surface area contributed by atoms with Crippen LogP contribution >= 0.6 is 0 Å². The van der Waals surface area contributed by atoms with Gasteiger partial charge in [0.05, 0.1) is 0 Å². The predicted molar refractivity (Wildman–Crippen MR) is 63.5 cm³/mol. The molecule has 7 N–H and O–H groups in total. The number of aliphatic hydroxyl groups excluding tert-OH is 3. The van der Waals surface area contributed by atoms with Gasteiger partial charge >= 0.3 is 0 Å². The first kappa shape index (κ1) is 16.9. The molecule has 1 atom stereocenters. The highest BCUT2D eigenvalue weighted by molar-refractivity contribution is 6.52. The third kappa shape index (κ3) is 6.43. The van der Waals surface area contributed by atoms with Gasteiger partial charge in [-0.05, 0) is 25.1 Å². The molecule has 0 aromatic rings. The minimum atomic E-state index is -2.07. The number of nitrogens with two attached hydrogens (primary N) is 1. The Morgan fingerprint density at radius 2 is 1.71 bits per heavy atom. The van der Waals surface area contributed by atoms with Gasteiger partial charge < -0.3 is 35.7 Å². The zero-order chi connectivity index (χ0) is 13.3. The minimum Gasteiger partial charge on any atom is -0.397 e. The zero-order valence-corrected chi connectivity index (χ0v) is 11.0. The van der Waals surface area contributed by atoms with Gasteiger partial charge in [-0.3, -0.25) is 0 Å². The molecule has 0 aromatic carbocycles. The first-order valence-electron chi connectivity index (χ1n) is 5.68. The van der Waals surface area contributed by atoms with E-state index in [0.29, 0.717) is 25.1 Å². The molecule has 1 unspecified atom stereocenters. The Morgan fingerprint density at radius 1 is 1.18 bits per heavy atom. The Labute approximate surface area is 102 Å². The summed E-state index contributed by atoms with van der Waals surface area (Å²) in [7, 11) is -2.07. The highest BCUT2D eigenvalue weighted by Gasteiger charge is 2.37. The Balaban J connectivity index is 4.46. The third-order valence-electron chi connectivity index (χ3n) is 2.42. The maximum atomic E-state index is 9.94. The fourth-order valence-corrected chi connectivity index (χ4v) is 3.36. The Bertz CT molecular complexity index is 190. The smallest absolute Gasteiger partial charge is 0.208 e. The van der Waals surface area contributed by atoms with Crippen LogP contribution in [0, 0.1) is 0 Å². The maximum absolute atomic E-state index is 9.94. The molecule has 0 aliphatic heterocycles. The average molecular weight is 269 g/mol. The van der Waals surface area contributed by atoms with Crippen LogP contribution in [0.3, 0.4) is 0 Å². The van der Waals surface area contributed by atoms with Crippen LogP contribution in [-0.2, 0) is 4.43 Å². The van der Waals surface area contributed by atoms with Gasteiger partial charge in [-0.1, -0.05) is 0 Å². The molecule has 0 aliphatic rings. The predicted octanol–water partition coefficient (Wildman–Crippen LogP) is -2.55. The molecule has 104 valence electrons. The molecule has 0 amide bonds. The highest BCUT2D eigenvalue weighted by atomic mass is 28.3. The average Bonchev–Trinajstić information content (AvgIpc) is 2.27. The fourth-order valence-electron chi connectivity index (χ4n) is 1.44. The van der Waals surface area contributed by atoms with Crippen LogP contribution in [0.1, 0.15) is 12.8 Å². The summed E-state index contributed by atoms with van der Waals surface area (Å²) in [6.07, 6.45) is -1.64. The van der Waals surface area contributed by atoms with Crippen LogP contribution in [0.15, 0.2) is 0 Å². The largest absolute Gasteiger partial charge is 0.397 e. The number of hydrogen-bond acceptors (Lipinski definition) is 7. The van der Waals surface area contributed by atoms with Crippen LogP contribution < -0.4 is 5.73 Å².